The fraction of sp³-hybridized carbons (Fsp3) is 0.643. The molecule has 6 heteroatoms. The van der Waals surface area contributed by atoms with Gasteiger partial charge in [-0.1, -0.05) is 6.92 Å². The van der Waals surface area contributed by atoms with Crippen LogP contribution in [0.2, 0.25) is 0 Å². The van der Waals surface area contributed by atoms with Gasteiger partial charge in [0.05, 0.1) is 18.1 Å². The fourth-order valence-corrected chi connectivity index (χ4v) is 2.44. The zero-order chi connectivity index (χ0) is 14.4. The summed E-state index contributed by atoms with van der Waals surface area (Å²) in [5, 5.41) is 14.8. The second kappa shape index (κ2) is 7.19. The Morgan fingerprint density at radius 1 is 1.30 bits per heavy atom. The molecule has 0 bridgehead atoms. The number of nitrogens with one attached hydrogen (secondary N) is 2. The summed E-state index contributed by atoms with van der Waals surface area (Å²) in [6.07, 6.45) is 7.79. The molecule has 3 N–H and O–H groups in total. The van der Waals surface area contributed by atoms with Gasteiger partial charge < -0.3 is 15.7 Å². The number of hydrogen-bond donors (Lipinski definition) is 3. The van der Waals surface area contributed by atoms with Crippen LogP contribution in [0.5, 0.6) is 0 Å². The summed E-state index contributed by atoms with van der Waals surface area (Å²) in [5.41, 5.74) is 0.601. The first-order chi connectivity index (χ1) is 9.71. The van der Waals surface area contributed by atoms with E-state index in [2.05, 4.69) is 20.6 Å². The molecule has 1 aromatic rings. The van der Waals surface area contributed by atoms with Gasteiger partial charge in [0.25, 0.3) is 0 Å². The van der Waals surface area contributed by atoms with Crippen LogP contribution in [0.25, 0.3) is 0 Å². The van der Waals surface area contributed by atoms with Gasteiger partial charge in [-0.3, -0.25) is 0 Å². The van der Waals surface area contributed by atoms with Crippen molar-refractivity contribution >= 4 is 11.7 Å². The van der Waals surface area contributed by atoms with Gasteiger partial charge in [0.1, 0.15) is 5.82 Å². The number of urea groups is 1. The van der Waals surface area contributed by atoms with Crippen molar-refractivity contribution in [2.75, 3.05) is 11.9 Å². The lowest BCUT2D eigenvalue weighted by Crippen LogP contribution is -2.40. The van der Waals surface area contributed by atoms with Crippen LogP contribution < -0.4 is 10.6 Å². The van der Waals surface area contributed by atoms with Crippen molar-refractivity contribution in [1.29, 1.82) is 0 Å². The smallest absolute Gasteiger partial charge is 0.319 e. The SMILES string of the molecule is CCc1ncc(NC(=O)NC2CCC(CO)CC2)cn1. The summed E-state index contributed by atoms with van der Waals surface area (Å²) in [6.45, 7) is 2.23. The van der Waals surface area contributed by atoms with Crippen molar-refractivity contribution in [3.63, 3.8) is 0 Å². The molecule has 0 aliphatic heterocycles. The summed E-state index contributed by atoms with van der Waals surface area (Å²) in [4.78, 5) is 20.1. The lowest BCUT2D eigenvalue weighted by Gasteiger charge is -2.27. The van der Waals surface area contributed by atoms with E-state index in [1.54, 1.807) is 12.4 Å². The van der Waals surface area contributed by atoms with E-state index in [0.717, 1.165) is 37.9 Å². The van der Waals surface area contributed by atoms with Crippen LogP contribution in [0.15, 0.2) is 12.4 Å². The Morgan fingerprint density at radius 2 is 1.95 bits per heavy atom. The number of hydrogen-bond acceptors (Lipinski definition) is 4. The molecule has 1 fully saturated rings. The molecular formula is C14H22N4O2. The van der Waals surface area contributed by atoms with E-state index in [4.69, 9.17) is 5.11 Å². The van der Waals surface area contributed by atoms with Crippen LogP contribution in [0, 0.1) is 5.92 Å². The molecule has 1 saturated carbocycles. The Kier molecular flexibility index (Phi) is 5.29. The van der Waals surface area contributed by atoms with Crippen molar-refractivity contribution in [3.05, 3.63) is 18.2 Å². The van der Waals surface area contributed by atoms with Gasteiger partial charge in [-0.05, 0) is 31.6 Å². The van der Waals surface area contributed by atoms with Crippen molar-refractivity contribution in [2.45, 2.75) is 45.1 Å². The maximum Gasteiger partial charge on any atom is 0.319 e. The number of anilines is 1. The van der Waals surface area contributed by atoms with Crippen LogP contribution in [-0.2, 0) is 6.42 Å². The Bertz CT molecular complexity index is 427. The molecule has 1 heterocycles. The van der Waals surface area contributed by atoms with Gasteiger partial charge in [0.2, 0.25) is 0 Å². The van der Waals surface area contributed by atoms with Gasteiger partial charge >= 0.3 is 6.03 Å². The molecule has 0 unspecified atom stereocenters. The molecule has 6 nitrogen and oxygen atoms in total. The molecule has 2 rings (SSSR count). The quantitative estimate of drug-likeness (QED) is 0.782. The van der Waals surface area contributed by atoms with Crippen LogP contribution in [0.3, 0.4) is 0 Å². The normalized spacial score (nSPS) is 22.3. The first-order valence-electron chi connectivity index (χ1n) is 7.20. The number of aliphatic hydroxyl groups excluding tert-OH is 1. The van der Waals surface area contributed by atoms with Gasteiger partial charge in [0.15, 0.2) is 0 Å². The average Bonchev–Trinajstić information content (AvgIpc) is 2.49. The van der Waals surface area contributed by atoms with Crippen molar-refractivity contribution < 1.29 is 9.90 Å². The van der Waals surface area contributed by atoms with Crippen molar-refractivity contribution in [3.8, 4) is 0 Å². The van der Waals surface area contributed by atoms with E-state index >= 15 is 0 Å². The molecule has 0 atom stereocenters. The highest BCUT2D eigenvalue weighted by Gasteiger charge is 2.21. The second-order valence-corrected chi connectivity index (χ2v) is 5.24. The number of rotatable bonds is 4. The number of amides is 2. The summed E-state index contributed by atoms with van der Waals surface area (Å²) < 4.78 is 0. The second-order valence-electron chi connectivity index (χ2n) is 5.24. The molecule has 110 valence electrons. The van der Waals surface area contributed by atoms with Crippen LogP contribution in [0.1, 0.15) is 38.4 Å². The predicted molar refractivity (Wildman–Crippen MR) is 76.4 cm³/mol. The zero-order valence-electron chi connectivity index (χ0n) is 11.8. The highest BCUT2D eigenvalue weighted by molar-refractivity contribution is 5.89. The Labute approximate surface area is 119 Å². The van der Waals surface area contributed by atoms with Gasteiger partial charge in [0, 0.05) is 19.1 Å². The van der Waals surface area contributed by atoms with Crippen LogP contribution in [-0.4, -0.2) is 33.8 Å². The molecule has 20 heavy (non-hydrogen) atoms. The average molecular weight is 278 g/mol. The van der Waals surface area contributed by atoms with E-state index in [1.807, 2.05) is 6.92 Å². The topological polar surface area (TPSA) is 87.1 Å². The predicted octanol–water partition coefficient (Wildman–Crippen LogP) is 1.71. The number of aliphatic hydroxyl groups is 1. The lowest BCUT2D eigenvalue weighted by atomic mass is 9.87. The van der Waals surface area contributed by atoms with Crippen LogP contribution >= 0.6 is 0 Å². The van der Waals surface area contributed by atoms with Gasteiger partial charge in [-0.2, -0.15) is 0 Å². The third-order valence-electron chi connectivity index (χ3n) is 3.72. The minimum atomic E-state index is -0.217. The monoisotopic (exact) mass is 278 g/mol. The third kappa shape index (κ3) is 4.16. The molecule has 1 aliphatic rings. The number of aryl methyl sites for hydroxylation is 1. The molecule has 0 spiro atoms. The van der Waals surface area contributed by atoms with Gasteiger partial charge in [-0.25, -0.2) is 14.8 Å². The van der Waals surface area contributed by atoms with E-state index < -0.39 is 0 Å². The minimum absolute atomic E-state index is 0.189. The van der Waals surface area contributed by atoms with Gasteiger partial charge in [-0.15, -0.1) is 0 Å². The molecular weight excluding hydrogens is 256 g/mol. The first kappa shape index (κ1) is 14.7. The van der Waals surface area contributed by atoms with E-state index in [9.17, 15) is 4.79 Å². The van der Waals surface area contributed by atoms with Crippen molar-refractivity contribution in [2.24, 2.45) is 5.92 Å². The summed E-state index contributed by atoms with van der Waals surface area (Å²) in [7, 11) is 0. The molecule has 0 aromatic carbocycles. The highest BCUT2D eigenvalue weighted by atomic mass is 16.3. The summed E-state index contributed by atoms with van der Waals surface area (Å²) in [6, 6.07) is -0.0288. The highest BCUT2D eigenvalue weighted by Crippen LogP contribution is 2.23. The number of aromatic nitrogens is 2. The Hall–Kier alpha value is -1.69. The first-order valence-corrected chi connectivity index (χ1v) is 7.20. The minimum Gasteiger partial charge on any atom is -0.396 e. The Balaban J connectivity index is 1.77. The maximum atomic E-state index is 11.9. The van der Waals surface area contributed by atoms with E-state index in [0.29, 0.717) is 11.6 Å². The lowest BCUT2D eigenvalue weighted by molar-refractivity contribution is 0.176. The number of nitrogens with zero attached hydrogens (tertiary/aromatic N) is 2. The standard InChI is InChI=1S/C14H22N4O2/c1-2-13-15-7-12(8-16-13)18-14(20)17-11-5-3-10(9-19)4-6-11/h7-8,10-11,19H,2-6,9H2,1H3,(H2,17,18,20). The number of carbonyl (C=O) groups is 1. The largest absolute Gasteiger partial charge is 0.396 e. The third-order valence-corrected chi connectivity index (χ3v) is 3.72. The fourth-order valence-electron chi connectivity index (χ4n) is 2.44. The molecule has 1 aromatic heterocycles. The Morgan fingerprint density at radius 3 is 2.50 bits per heavy atom. The van der Waals surface area contributed by atoms with Crippen molar-refractivity contribution in [1.82, 2.24) is 15.3 Å². The summed E-state index contributed by atoms with van der Waals surface area (Å²) >= 11 is 0. The zero-order valence-corrected chi connectivity index (χ0v) is 11.8. The molecule has 0 saturated heterocycles. The molecule has 1 aliphatic carbocycles. The maximum absolute atomic E-state index is 11.9. The molecule has 0 radical (unpaired) electrons. The number of carbonyl (C=O) groups excluding carboxylic acids is 1. The van der Waals surface area contributed by atoms with Crippen LogP contribution in [0.4, 0.5) is 10.5 Å². The van der Waals surface area contributed by atoms with E-state index in [1.165, 1.54) is 0 Å². The summed E-state index contributed by atoms with van der Waals surface area (Å²) in [5.74, 6) is 1.16. The van der Waals surface area contributed by atoms with E-state index in [-0.39, 0.29) is 18.7 Å². The molecule has 2 amide bonds.